The first-order valence-electron chi connectivity index (χ1n) is 7.94. The van der Waals surface area contributed by atoms with Gasteiger partial charge >= 0.3 is 0 Å². The molecule has 0 radical (unpaired) electrons. The Balaban J connectivity index is 1.77. The number of nitrogens with zero attached hydrogens (tertiary/aromatic N) is 1. The molecule has 1 aliphatic heterocycles. The van der Waals surface area contributed by atoms with Gasteiger partial charge in [0.25, 0.3) is 15.9 Å². The van der Waals surface area contributed by atoms with Gasteiger partial charge in [-0.15, -0.1) is 0 Å². The van der Waals surface area contributed by atoms with Crippen molar-refractivity contribution in [3.8, 4) is 0 Å². The van der Waals surface area contributed by atoms with Gasteiger partial charge in [0.2, 0.25) is 5.09 Å². The van der Waals surface area contributed by atoms with Crippen LogP contribution < -0.4 is 5.32 Å². The molecule has 1 N–H and O–H groups in total. The molecule has 1 fully saturated rings. The number of benzene rings is 1. The number of ether oxygens (including phenoxy) is 1. The van der Waals surface area contributed by atoms with Crippen molar-refractivity contribution >= 4 is 21.6 Å². The summed E-state index contributed by atoms with van der Waals surface area (Å²) >= 11 is 0. The van der Waals surface area contributed by atoms with Crippen molar-refractivity contribution in [3.63, 3.8) is 0 Å². The Morgan fingerprint density at radius 1 is 1.12 bits per heavy atom. The van der Waals surface area contributed by atoms with Crippen molar-refractivity contribution in [2.24, 2.45) is 0 Å². The fraction of sp³-hybridized carbons (Fsp3) is 0.353. The lowest BCUT2D eigenvalue weighted by molar-refractivity contribution is 0.0723. The molecule has 1 saturated heterocycles. The topological polar surface area (TPSA) is 88.9 Å². The highest BCUT2D eigenvalue weighted by Gasteiger charge is 2.30. The molecule has 2 heterocycles. The monoisotopic (exact) mass is 364 g/mol. The molecule has 8 heteroatoms. The van der Waals surface area contributed by atoms with Crippen LogP contribution in [0.3, 0.4) is 0 Å². The number of carbonyl (C=O) groups excluding carboxylic acids is 1. The molecule has 1 aromatic heterocycles. The van der Waals surface area contributed by atoms with Gasteiger partial charge in [-0.05, 0) is 37.6 Å². The number of aryl methyl sites for hydroxylation is 2. The van der Waals surface area contributed by atoms with Crippen LogP contribution >= 0.6 is 0 Å². The van der Waals surface area contributed by atoms with Crippen LogP contribution in [0.15, 0.2) is 39.8 Å². The van der Waals surface area contributed by atoms with Crippen molar-refractivity contribution < 1.29 is 22.4 Å². The SMILES string of the molecule is Cc1ccc(NC(=O)c2ccc(S(=O)(=O)N3CCOCC3)o2)c(C)c1. The third-order valence-corrected chi connectivity index (χ3v) is 5.77. The average molecular weight is 364 g/mol. The minimum Gasteiger partial charge on any atom is -0.438 e. The molecule has 1 aromatic carbocycles. The Labute approximate surface area is 146 Å². The maximum Gasteiger partial charge on any atom is 0.291 e. The lowest BCUT2D eigenvalue weighted by atomic mass is 10.1. The van der Waals surface area contributed by atoms with Crippen LogP contribution in [-0.4, -0.2) is 44.9 Å². The van der Waals surface area contributed by atoms with Crippen molar-refractivity contribution in [1.29, 1.82) is 0 Å². The molecule has 0 unspecified atom stereocenters. The van der Waals surface area contributed by atoms with E-state index in [9.17, 15) is 13.2 Å². The summed E-state index contributed by atoms with van der Waals surface area (Å²) in [5.74, 6) is -0.540. The van der Waals surface area contributed by atoms with Crippen molar-refractivity contribution in [2.45, 2.75) is 18.9 Å². The van der Waals surface area contributed by atoms with E-state index in [-0.39, 0.29) is 23.9 Å². The molecule has 3 rings (SSSR count). The number of amides is 1. The number of hydrogen-bond donors (Lipinski definition) is 1. The van der Waals surface area contributed by atoms with Crippen LogP contribution in [-0.2, 0) is 14.8 Å². The minimum atomic E-state index is -3.75. The predicted octanol–water partition coefficient (Wildman–Crippen LogP) is 2.17. The number of furan rings is 1. The molecule has 0 saturated carbocycles. The van der Waals surface area contributed by atoms with Gasteiger partial charge in [-0.3, -0.25) is 4.79 Å². The van der Waals surface area contributed by atoms with E-state index in [0.29, 0.717) is 18.9 Å². The van der Waals surface area contributed by atoms with Crippen LogP contribution in [0, 0.1) is 13.8 Å². The molecular weight excluding hydrogens is 344 g/mol. The normalized spacial score (nSPS) is 15.9. The highest BCUT2D eigenvalue weighted by Crippen LogP contribution is 2.22. The Bertz CT molecular complexity index is 882. The maximum absolute atomic E-state index is 12.5. The van der Waals surface area contributed by atoms with Gasteiger partial charge in [0.05, 0.1) is 13.2 Å². The minimum absolute atomic E-state index is 0.0493. The zero-order chi connectivity index (χ0) is 18.0. The Morgan fingerprint density at radius 3 is 2.52 bits per heavy atom. The second-order valence-corrected chi connectivity index (χ2v) is 7.78. The van der Waals surface area contributed by atoms with E-state index in [1.54, 1.807) is 6.07 Å². The first-order valence-corrected chi connectivity index (χ1v) is 9.38. The number of rotatable bonds is 4. The first kappa shape index (κ1) is 17.7. The van der Waals surface area contributed by atoms with Gasteiger partial charge in [0.15, 0.2) is 5.76 Å². The fourth-order valence-corrected chi connectivity index (χ4v) is 3.95. The van der Waals surface area contributed by atoms with Crippen molar-refractivity contribution in [1.82, 2.24) is 4.31 Å². The molecule has 2 aromatic rings. The number of anilines is 1. The van der Waals surface area contributed by atoms with Gasteiger partial charge in [-0.2, -0.15) is 4.31 Å². The molecule has 0 atom stereocenters. The van der Waals surface area contributed by atoms with Crippen LogP contribution in [0.1, 0.15) is 21.7 Å². The third kappa shape index (κ3) is 3.76. The summed E-state index contributed by atoms with van der Waals surface area (Å²) in [5, 5.41) is 2.50. The molecule has 1 aliphatic rings. The van der Waals surface area contributed by atoms with Crippen LogP contribution in [0.2, 0.25) is 0 Å². The number of carbonyl (C=O) groups is 1. The second kappa shape index (κ2) is 6.99. The number of sulfonamides is 1. The summed E-state index contributed by atoms with van der Waals surface area (Å²) < 4.78 is 36.8. The molecule has 25 heavy (non-hydrogen) atoms. The Hall–Kier alpha value is -2.16. The van der Waals surface area contributed by atoms with Crippen LogP contribution in [0.25, 0.3) is 0 Å². The smallest absolute Gasteiger partial charge is 0.291 e. The fourth-order valence-electron chi connectivity index (χ4n) is 2.63. The summed E-state index contributed by atoms with van der Waals surface area (Å²) in [4.78, 5) is 12.3. The number of nitrogens with one attached hydrogen (secondary N) is 1. The maximum atomic E-state index is 12.5. The lowest BCUT2D eigenvalue weighted by Gasteiger charge is -2.24. The zero-order valence-corrected chi connectivity index (χ0v) is 14.9. The average Bonchev–Trinajstić information content (AvgIpc) is 3.09. The Kier molecular flexibility index (Phi) is 4.94. The van der Waals surface area contributed by atoms with Gasteiger partial charge in [-0.1, -0.05) is 17.7 Å². The van der Waals surface area contributed by atoms with E-state index >= 15 is 0 Å². The van der Waals surface area contributed by atoms with Crippen molar-refractivity contribution in [2.75, 3.05) is 31.6 Å². The molecular formula is C17H20N2O5S. The molecule has 0 spiro atoms. The highest BCUT2D eigenvalue weighted by molar-refractivity contribution is 7.89. The Morgan fingerprint density at radius 2 is 1.84 bits per heavy atom. The first-order chi connectivity index (χ1) is 11.9. The van der Waals surface area contributed by atoms with Crippen molar-refractivity contribution in [3.05, 3.63) is 47.2 Å². The highest BCUT2D eigenvalue weighted by atomic mass is 32.2. The van der Waals surface area contributed by atoms with Crippen LogP contribution in [0.5, 0.6) is 0 Å². The molecule has 0 aliphatic carbocycles. The van der Waals surface area contributed by atoms with E-state index in [1.165, 1.54) is 16.4 Å². The number of morpholine rings is 1. The summed E-state index contributed by atoms with van der Waals surface area (Å²) in [6, 6.07) is 8.32. The molecule has 1 amide bonds. The summed E-state index contributed by atoms with van der Waals surface area (Å²) in [6.07, 6.45) is 0. The zero-order valence-electron chi connectivity index (χ0n) is 14.1. The van der Waals surface area contributed by atoms with E-state index < -0.39 is 15.9 Å². The van der Waals surface area contributed by atoms with Crippen LogP contribution in [0.4, 0.5) is 5.69 Å². The summed E-state index contributed by atoms with van der Waals surface area (Å²) in [6.45, 7) is 5.09. The second-order valence-electron chi connectivity index (χ2n) is 5.91. The van der Waals surface area contributed by atoms with E-state index in [0.717, 1.165) is 11.1 Å². The van der Waals surface area contributed by atoms with E-state index in [2.05, 4.69) is 5.32 Å². The van der Waals surface area contributed by atoms with E-state index in [4.69, 9.17) is 9.15 Å². The summed E-state index contributed by atoms with van der Waals surface area (Å²) in [5.41, 5.74) is 2.66. The largest absolute Gasteiger partial charge is 0.438 e. The van der Waals surface area contributed by atoms with E-state index in [1.807, 2.05) is 26.0 Å². The standard InChI is InChI=1S/C17H20N2O5S/c1-12-3-4-14(13(2)11-12)18-17(20)15-5-6-16(24-15)25(21,22)19-7-9-23-10-8-19/h3-6,11H,7-10H2,1-2H3,(H,18,20). The summed E-state index contributed by atoms with van der Waals surface area (Å²) in [7, 11) is -3.75. The third-order valence-electron chi connectivity index (χ3n) is 4.00. The van der Waals surface area contributed by atoms with Gasteiger partial charge < -0.3 is 14.5 Å². The lowest BCUT2D eigenvalue weighted by Crippen LogP contribution is -2.40. The molecule has 134 valence electrons. The van der Waals surface area contributed by atoms with Gasteiger partial charge in [0.1, 0.15) is 0 Å². The van der Waals surface area contributed by atoms with Gasteiger partial charge in [-0.25, -0.2) is 8.42 Å². The number of hydrogen-bond acceptors (Lipinski definition) is 5. The quantitative estimate of drug-likeness (QED) is 0.898. The predicted molar refractivity (Wildman–Crippen MR) is 92.2 cm³/mol. The van der Waals surface area contributed by atoms with Gasteiger partial charge in [0, 0.05) is 18.8 Å². The molecule has 7 nitrogen and oxygen atoms in total. The molecule has 0 bridgehead atoms.